The number of esters is 5. The normalized spacial score (nSPS) is 44.6. The highest BCUT2D eigenvalue weighted by Gasteiger charge is 2.70. The van der Waals surface area contributed by atoms with E-state index in [1.165, 1.54) is 33.3 Å². The SMILES string of the molecule is COC(=O)[C@]12CC[C@@H](C)[C@H](C)[C@H]1C1=CC[C@@H]3[C@@]4(C)CC[C@H](O[C@@H]5O[C@H](COC(C)=O)[C@@H](OC(C)=O)[C@H](OC(C)=O)[C@H]5OC(C)=O)C(C)(C)[C@@H]4CC[C@@]3(C)[C@]1(C)CC2. The van der Waals surface area contributed by atoms with Crippen LogP contribution in [-0.2, 0) is 57.1 Å². The van der Waals surface area contributed by atoms with Gasteiger partial charge in [-0.2, -0.15) is 0 Å². The van der Waals surface area contributed by atoms with E-state index in [9.17, 15) is 24.0 Å². The van der Waals surface area contributed by atoms with Crippen LogP contribution in [0.3, 0.4) is 0 Å². The highest BCUT2D eigenvalue weighted by molar-refractivity contribution is 5.78. The lowest BCUT2D eigenvalue weighted by Crippen LogP contribution is -2.67. The number of carbonyl (C=O) groups is 5. The Hall–Kier alpha value is -2.99. The van der Waals surface area contributed by atoms with E-state index in [1.807, 2.05) is 0 Å². The van der Waals surface area contributed by atoms with Gasteiger partial charge >= 0.3 is 29.8 Å². The van der Waals surface area contributed by atoms with Crippen molar-refractivity contribution in [2.45, 2.75) is 171 Å². The third kappa shape index (κ3) is 7.14. The quantitative estimate of drug-likeness (QED) is 0.105. The third-order valence-corrected chi connectivity index (χ3v) is 16.8. The molecule has 1 aliphatic heterocycles. The van der Waals surface area contributed by atoms with Gasteiger partial charge in [0.15, 0.2) is 24.6 Å². The van der Waals surface area contributed by atoms with Crippen LogP contribution in [0.4, 0.5) is 0 Å². The molecule has 0 aromatic rings. The number of carbonyl (C=O) groups excluding carboxylic acids is 5. The molecule has 320 valence electrons. The van der Waals surface area contributed by atoms with Crippen LogP contribution in [0.2, 0.25) is 0 Å². The Balaban J connectivity index is 1.31. The van der Waals surface area contributed by atoms with Crippen molar-refractivity contribution in [1.29, 1.82) is 0 Å². The molecule has 0 N–H and O–H groups in total. The van der Waals surface area contributed by atoms with Gasteiger partial charge in [0.05, 0.1) is 18.6 Å². The van der Waals surface area contributed by atoms with Gasteiger partial charge in [0.25, 0.3) is 0 Å². The van der Waals surface area contributed by atoms with Gasteiger partial charge in [-0.25, -0.2) is 0 Å². The van der Waals surface area contributed by atoms with E-state index in [2.05, 4.69) is 54.5 Å². The van der Waals surface area contributed by atoms with Crippen LogP contribution in [0, 0.1) is 56.7 Å². The fourth-order valence-electron chi connectivity index (χ4n) is 13.7. The average molecular weight is 801 g/mol. The van der Waals surface area contributed by atoms with Crippen LogP contribution >= 0.6 is 0 Å². The first-order valence-electron chi connectivity index (χ1n) is 21.3. The number of allylic oxidation sites excluding steroid dienone is 2. The maximum Gasteiger partial charge on any atom is 0.312 e. The number of fused-ring (bicyclic) bond motifs is 7. The van der Waals surface area contributed by atoms with Crippen molar-refractivity contribution in [3.63, 3.8) is 0 Å². The molecule has 57 heavy (non-hydrogen) atoms. The minimum atomic E-state index is -1.28. The van der Waals surface area contributed by atoms with Crippen LogP contribution < -0.4 is 0 Å². The predicted octanol–water partition coefficient (Wildman–Crippen LogP) is 7.29. The summed E-state index contributed by atoms with van der Waals surface area (Å²) in [4.78, 5) is 62.9. The average Bonchev–Trinajstić information content (AvgIpc) is 3.11. The molecule has 0 spiro atoms. The van der Waals surface area contributed by atoms with Crippen LogP contribution in [0.1, 0.15) is 134 Å². The monoisotopic (exact) mass is 800 g/mol. The van der Waals surface area contributed by atoms with Crippen molar-refractivity contribution < 1.29 is 57.1 Å². The van der Waals surface area contributed by atoms with Crippen LogP contribution in [0.15, 0.2) is 11.6 Å². The molecule has 1 heterocycles. The molecular formula is C45H68O12. The molecule has 15 atom stereocenters. The maximum absolute atomic E-state index is 13.7. The van der Waals surface area contributed by atoms with Crippen molar-refractivity contribution in [3.8, 4) is 0 Å². The zero-order valence-electron chi connectivity index (χ0n) is 36.4. The fourth-order valence-corrected chi connectivity index (χ4v) is 13.7. The van der Waals surface area contributed by atoms with Crippen LogP contribution in [-0.4, -0.2) is 80.4 Å². The first kappa shape index (κ1) is 43.6. The van der Waals surface area contributed by atoms with E-state index in [0.717, 1.165) is 51.4 Å². The lowest BCUT2D eigenvalue weighted by molar-refractivity contribution is -0.333. The molecule has 0 aromatic carbocycles. The van der Waals surface area contributed by atoms with E-state index in [0.29, 0.717) is 24.2 Å². The first-order chi connectivity index (χ1) is 26.6. The van der Waals surface area contributed by atoms with Crippen molar-refractivity contribution in [2.75, 3.05) is 13.7 Å². The molecule has 12 nitrogen and oxygen atoms in total. The van der Waals surface area contributed by atoms with Gasteiger partial charge in [-0.05, 0) is 109 Å². The van der Waals surface area contributed by atoms with Crippen LogP contribution in [0.25, 0.3) is 0 Å². The second-order valence-electron chi connectivity index (χ2n) is 19.8. The predicted molar refractivity (Wildman–Crippen MR) is 208 cm³/mol. The zero-order valence-corrected chi connectivity index (χ0v) is 36.4. The van der Waals surface area contributed by atoms with E-state index in [1.54, 1.807) is 7.11 Å². The molecule has 0 unspecified atom stereocenters. The topological polar surface area (TPSA) is 150 Å². The van der Waals surface area contributed by atoms with Crippen molar-refractivity contribution in [3.05, 3.63) is 11.6 Å². The highest BCUT2D eigenvalue weighted by atomic mass is 16.7. The zero-order chi connectivity index (χ0) is 42.0. The largest absolute Gasteiger partial charge is 0.469 e. The highest BCUT2D eigenvalue weighted by Crippen LogP contribution is 2.76. The molecular weight excluding hydrogens is 732 g/mol. The summed E-state index contributed by atoms with van der Waals surface area (Å²) < 4.78 is 41.3. The Kier molecular flexibility index (Phi) is 11.9. The van der Waals surface area contributed by atoms with Gasteiger partial charge in [-0.1, -0.05) is 60.1 Å². The summed E-state index contributed by atoms with van der Waals surface area (Å²) >= 11 is 0. The molecule has 5 fully saturated rings. The minimum Gasteiger partial charge on any atom is -0.469 e. The van der Waals surface area contributed by atoms with Gasteiger partial charge in [-0.15, -0.1) is 0 Å². The second kappa shape index (κ2) is 15.6. The minimum absolute atomic E-state index is 0.0224. The molecule has 6 aliphatic rings. The molecule has 0 amide bonds. The fraction of sp³-hybridized carbons (Fsp3) is 0.844. The molecule has 0 aromatic heterocycles. The lowest BCUT2D eigenvalue weighted by atomic mass is 9.33. The van der Waals surface area contributed by atoms with Crippen molar-refractivity contribution >= 4 is 29.8 Å². The summed E-state index contributed by atoms with van der Waals surface area (Å²) in [6.07, 6.45) is 4.51. The smallest absolute Gasteiger partial charge is 0.312 e. The molecule has 0 radical (unpaired) electrons. The Bertz CT molecular complexity index is 1640. The number of ether oxygens (including phenoxy) is 7. The Morgan fingerprint density at radius 1 is 0.737 bits per heavy atom. The summed E-state index contributed by atoms with van der Waals surface area (Å²) in [6.45, 7) is 21.4. The number of hydrogen-bond donors (Lipinski definition) is 0. The van der Waals surface area contributed by atoms with Gasteiger partial charge in [0.1, 0.15) is 12.7 Å². The van der Waals surface area contributed by atoms with E-state index < -0.39 is 60.0 Å². The molecule has 12 heteroatoms. The Morgan fingerprint density at radius 3 is 1.98 bits per heavy atom. The summed E-state index contributed by atoms with van der Waals surface area (Å²) in [5, 5.41) is 0. The molecule has 1 saturated heterocycles. The lowest BCUT2D eigenvalue weighted by Gasteiger charge is -2.71. The van der Waals surface area contributed by atoms with Crippen molar-refractivity contribution in [2.24, 2.45) is 56.7 Å². The molecule has 4 saturated carbocycles. The second-order valence-corrected chi connectivity index (χ2v) is 19.8. The summed E-state index contributed by atoms with van der Waals surface area (Å²) in [7, 11) is 1.55. The van der Waals surface area contributed by atoms with Gasteiger partial charge < -0.3 is 33.2 Å². The number of hydrogen-bond acceptors (Lipinski definition) is 12. The summed E-state index contributed by atoms with van der Waals surface area (Å²) in [6, 6.07) is 0. The van der Waals surface area contributed by atoms with E-state index in [4.69, 9.17) is 33.2 Å². The maximum atomic E-state index is 13.7. The van der Waals surface area contributed by atoms with Gasteiger partial charge in [0, 0.05) is 27.7 Å². The van der Waals surface area contributed by atoms with E-state index >= 15 is 0 Å². The standard InChI is InChI=1S/C45H68O12/c1-24-15-20-45(40(50)51-12)22-21-43(10)30(35(45)25(24)2)13-14-33-42(9)18-17-34(41(7,8)32(42)16-19-44(33,43)11)57-39-38(55-29(6)49)37(54-28(5)48)36(53-27(4)47)31(56-39)23-52-26(3)46/h13,24-25,31-39H,14-23H2,1-12H3/t24-,25+,31-,32+,33-,34+,35+,36-,37+,38-,39+,42+,43-,44-,45+/m1/s1. The summed E-state index contributed by atoms with van der Waals surface area (Å²) in [5.41, 5.74) is 0.628. The van der Waals surface area contributed by atoms with Crippen LogP contribution in [0.5, 0.6) is 0 Å². The summed E-state index contributed by atoms with van der Waals surface area (Å²) in [5.74, 6) is -0.832. The Morgan fingerprint density at radius 2 is 1.37 bits per heavy atom. The number of methoxy groups -OCH3 is 1. The Labute approximate surface area is 339 Å². The molecule has 6 rings (SSSR count). The molecule has 5 aliphatic carbocycles. The molecule has 0 bridgehead atoms. The van der Waals surface area contributed by atoms with Crippen molar-refractivity contribution in [1.82, 2.24) is 0 Å². The third-order valence-electron chi connectivity index (χ3n) is 16.8. The number of rotatable bonds is 8. The van der Waals surface area contributed by atoms with Gasteiger partial charge in [-0.3, -0.25) is 24.0 Å². The van der Waals surface area contributed by atoms with E-state index in [-0.39, 0.29) is 52.2 Å². The van der Waals surface area contributed by atoms with Gasteiger partial charge in [0.2, 0.25) is 0 Å². The first-order valence-corrected chi connectivity index (χ1v) is 21.3.